The van der Waals surface area contributed by atoms with Gasteiger partial charge in [0.2, 0.25) is 5.91 Å². The fourth-order valence-corrected chi connectivity index (χ4v) is 3.16. The number of nitrogens with zero attached hydrogens (tertiary/aromatic N) is 1. The van der Waals surface area contributed by atoms with Crippen molar-refractivity contribution in [1.82, 2.24) is 15.5 Å². The van der Waals surface area contributed by atoms with Crippen LogP contribution in [0.15, 0.2) is 22.8 Å². The molecule has 2 N–H and O–H groups in total. The average molecular weight is 342 g/mol. The molecule has 1 atom stereocenters. The molecular formula is C16H24ClN3O3. The van der Waals surface area contributed by atoms with Crippen LogP contribution in [0.3, 0.4) is 0 Å². The highest BCUT2D eigenvalue weighted by Gasteiger charge is 2.28. The van der Waals surface area contributed by atoms with Gasteiger partial charge >= 0.3 is 0 Å². The number of nitrogens with one attached hydrogen (secondary N) is 2. The summed E-state index contributed by atoms with van der Waals surface area (Å²) < 4.78 is 5.15. The van der Waals surface area contributed by atoms with E-state index in [0.717, 1.165) is 38.6 Å². The van der Waals surface area contributed by atoms with E-state index in [2.05, 4.69) is 10.6 Å². The minimum Gasteiger partial charge on any atom is -0.459 e. The summed E-state index contributed by atoms with van der Waals surface area (Å²) in [6.45, 7) is 2.24. The van der Waals surface area contributed by atoms with Crippen LogP contribution in [0.1, 0.15) is 42.7 Å². The molecule has 2 fully saturated rings. The van der Waals surface area contributed by atoms with Crippen molar-refractivity contribution in [3.8, 4) is 0 Å². The quantitative estimate of drug-likeness (QED) is 0.875. The first-order chi connectivity index (χ1) is 10.7. The summed E-state index contributed by atoms with van der Waals surface area (Å²) in [6, 6.07) is 3.52. The molecule has 0 aliphatic carbocycles. The highest BCUT2D eigenvalue weighted by atomic mass is 35.5. The van der Waals surface area contributed by atoms with Gasteiger partial charge in [0, 0.05) is 19.1 Å². The fourth-order valence-electron chi connectivity index (χ4n) is 3.16. The van der Waals surface area contributed by atoms with E-state index in [-0.39, 0.29) is 36.3 Å². The van der Waals surface area contributed by atoms with Gasteiger partial charge in [0.1, 0.15) is 0 Å². The van der Waals surface area contributed by atoms with Crippen molar-refractivity contribution in [2.75, 3.05) is 19.6 Å². The van der Waals surface area contributed by atoms with Crippen LogP contribution in [0, 0.1) is 0 Å². The number of hydrogen-bond donors (Lipinski definition) is 2. The standard InChI is InChI=1S/C16H23N3O3.ClH/c20-15(13-4-1-2-8-17-13)18-12-6-9-19(10-7-12)16(21)14-5-3-11-22-14;/h3,5,11-13,17H,1-2,4,6-10H2,(H,18,20);1H. The third-order valence-electron chi connectivity index (χ3n) is 4.49. The number of piperidine rings is 2. The highest BCUT2D eigenvalue weighted by Crippen LogP contribution is 2.15. The molecule has 128 valence electrons. The van der Waals surface area contributed by atoms with Gasteiger partial charge in [0.15, 0.2) is 5.76 Å². The maximum Gasteiger partial charge on any atom is 0.289 e. The first-order valence-corrected chi connectivity index (χ1v) is 8.10. The Morgan fingerprint density at radius 2 is 2.00 bits per heavy atom. The molecule has 1 aromatic rings. The number of rotatable bonds is 3. The van der Waals surface area contributed by atoms with E-state index < -0.39 is 0 Å². The maximum atomic E-state index is 12.2. The molecule has 2 aliphatic rings. The van der Waals surface area contributed by atoms with Crippen molar-refractivity contribution in [3.05, 3.63) is 24.2 Å². The summed E-state index contributed by atoms with van der Waals surface area (Å²) in [6.07, 6.45) is 6.28. The number of halogens is 1. The molecule has 1 unspecified atom stereocenters. The smallest absolute Gasteiger partial charge is 0.289 e. The molecule has 1 aromatic heterocycles. The Hall–Kier alpha value is -1.53. The fraction of sp³-hybridized carbons (Fsp3) is 0.625. The van der Waals surface area contributed by atoms with Crippen LogP contribution in [0.2, 0.25) is 0 Å². The second-order valence-electron chi connectivity index (χ2n) is 6.05. The third kappa shape index (κ3) is 4.48. The van der Waals surface area contributed by atoms with Crippen LogP contribution in [0.25, 0.3) is 0 Å². The van der Waals surface area contributed by atoms with Crippen LogP contribution >= 0.6 is 12.4 Å². The Morgan fingerprint density at radius 3 is 2.61 bits per heavy atom. The lowest BCUT2D eigenvalue weighted by atomic mass is 10.0. The molecule has 0 spiro atoms. The monoisotopic (exact) mass is 341 g/mol. The normalized spacial score (nSPS) is 22.3. The molecule has 0 radical (unpaired) electrons. The number of carbonyl (C=O) groups is 2. The molecule has 0 bridgehead atoms. The summed E-state index contributed by atoms with van der Waals surface area (Å²) in [4.78, 5) is 26.2. The van der Waals surface area contributed by atoms with E-state index in [9.17, 15) is 9.59 Å². The Morgan fingerprint density at radius 1 is 1.22 bits per heavy atom. The van der Waals surface area contributed by atoms with Crippen molar-refractivity contribution in [1.29, 1.82) is 0 Å². The van der Waals surface area contributed by atoms with Crippen LogP contribution in [0.4, 0.5) is 0 Å². The van der Waals surface area contributed by atoms with Crippen molar-refractivity contribution in [3.63, 3.8) is 0 Å². The van der Waals surface area contributed by atoms with Crippen molar-refractivity contribution >= 4 is 24.2 Å². The van der Waals surface area contributed by atoms with Crippen molar-refractivity contribution < 1.29 is 14.0 Å². The lowest BCUT2D eigenvalue weighted by molar-refractivity contribution is -0.124. The minimum absolute atomic E-state index is 0. The zero-order valence-corrected chi connectivity index (χ0v) is 13.9. The summed E-state index contributed by atoms with van der Waals surface area (Å²) in [5.41, 5.74) is 0. The van der Waals surface area contributed by atoms with Crippen LogP contribution in [-0.4, -0.2) is 48.4 Å². The van der Waals surface area contributed by atoms with Crippen LogP contribution in [0.5, 0.6) is 0 Å². The molecule has 7 heteroatoms. The van der Waals surface area contributed by atoms with Crippen molar-refractivity contribution in [2.24, 2.45) is 0 Å². The van der Waals surface area contributed by atoms with Gasteiger partial charge in [-0.25, -0.2) is 0 Å². The van der Waals surface area contributed by atoms with Gasteiger partial charge in [0.05, 0.1) is 12.3 Å². The molecule has 0 aromatic carbocycles. The second-order valence-corrected chi connectivity index (χ2v) is 6.05. The lowest BCUT2D eigenvalue weighted by Crippen LogP contribution is -2.52. The first-order valence-electron chi connectivity index (χ1n) is 8.10. The largest absolute Gasteiger partial charge is 0.459 e. The van der Waals surface area contributed by atoms with Gasteiger partial charge < -0.3 is 20.0 Å². The van der Waals surface area contributed by atoms with Crippen molar-refractivity contribution in [2.45, 2.75) is 44.2 Å². The van der Waals surface area contributed by atoms with Gasteiger partial charge in [-0.1, -0.05) is 6.42 Å². The molecule has 2 saturated heterocycles. The third-order valence-corrected chi connectivity index (χ3v) is 4.49. The second kappa shape index (κ2) is 8.36. The molecule has 3 heterocycles. The Labute approximate surface area is 142 Å². The Bertz CT molecular complexity index is 507. The molecule has 6 nitrogen and oxygen atoms in total. The summed E-state index contributed by atoms with van der Waals surface area (Å²) in [5.74, 6) is 0.424. The molecular weight excluding hydrogens is 318 g/mol. The molecule has 2 amide bonds. The topological polar surface area (TPSA) is 74.6 Å². The minimum atomic E-state index is -0.0660. The van der Waals surface area contributed by atoms with E-state index in [0.29, 0.717) is 18.8 Å². The zero-order valence-electron chi connectivity index (χ0n) is 13.1. The number of furan rings is 1. The van der Waals surface area contributed by atoms with Gasteiger partial charge in [-0.3, -0.25) is 9.59 Å². The average Bonchev–Trinajstić information content (AvgIpc) is 3.10. The number of carbonyl (C=O) groups excluding carboxylic acids is 2. The Balaban J connectivity index is 0.00000192. The summed E-state index contributed by atoms with van der Waals surface area (Å²) >= 11 is 0. The molecule has 23 heavy (non-hydrogen) atoms. The van der Waals surface area contributed by atoms with E-state index >= 15 is 0 Å². The van der Waals surface area contributed by atoms with Crippen LogP contribution in [-0.2, 0) is 4.79 Å². The number of likely N-dealkylation sites (tertiary alicyclic amines) is 1. The SMILES string of the molecule is Cl.O=C(NC1CCN(C(=O)c2ccco2)CC1)C1CCCCN1. The number of amides is 2. The van der Waals surface area contributed by atoms with E-state index in [1.165, 1.54) is 6.26 Å². The molecule has 0 saturated carbocycles. The Kier molecular flexibility index (Phi) is 6.47. The van der Waals surface area contributed by atoms with E-state index in [1.807, 2.05) is 0 Å². The zero-order chi connectivity index (χ0) is 15.4. The first kappa shape index (κ1) is 17.8. The predicted molar refractivity (Wildman–Crippen MR) is 88.7 cm³/mol. The highest BCUT2D eigenvalue weighted by molar-refractivity contribution is 5.91. The predicted octanol–water partition coefficient (Wildman–Crippen LogP) is 1.56. The van der Waals surface area contributed by atoms with E-state index in [1.54, 1.807) is 17.0 Å². The van der Waals surface area contributed by atoms with Crippen LogP contribution < -0.4 is 10.6 Å². The number of hydrogen-bond acceptors (Lipinski definition) is 4. The van der Waals surface area contributed by atoms with E-state index in [4.69, 9.17) is 4.42 Å². The lowest BCUT2D eigenvalue weighted by Gasteiger charge is -2.33. The molecule has 3 rings (SSSR count). The van der Waals surface area contributed by atoms with Gasteiger partial charge in [-0.2, -0.15) is 0 Å². The van der Waals surface area contributed by atoms with Gasteiger partial charge in [-0.05, 0) is 44.4 Å². The van der Waals surface area contributed by atoms with Gasteiger partial charge in [0.25, 0.3) is 5.91 Å². The molecule has 2 aliphatic heterocycles. The van der Waals surface area contributed by atoms with Gasteiger partial charge in [-0.15, -0.1) is 12.4 Å². The maximum absolute atomic E-state index is 12.2. The summed E-state index contributed by atoms with van der Waals surface area (Å²) in [7, 11) is 0. The summed E-state index contributed by atoms with van der Waals surface area (Å²) in [5, 5.41) is 6.38.